The Morgan fingerprint density at radius 2 is 1.28 bits per heavy atom. The molecule has 1 heterocycles. The van der Waals surface area contributed by atoms with Crippen LogP contribution in [0.25, 0.3) is 0 Å². The molecule has 5 atom stereocenters. The van der Waals surface area contributed by atoms with Gasteiger partial charge < -0.3 is 36.4 Å². The summed E-state index contributed by atoms with van der Waals surface area (Å²) in [4.78, 5) is 44.7. The fraction of sp³-hybridized carbons (Fsp3) is 0.708. The highest BCUT2D eigenvalue weighted by atomic mass is 16.3. The number of hydrogen-bond donors (Lipinski definition) is 7. The van der Waals surface area contributed by atoms with E-state index in [4.69, 9.17) is 0 Å². The molecule has 0 aliphatic heterocycles. The number of aliphatic hydroxyl groups excluding tert-OH is 4. The van der Waals surface area contributed by atoms with Crippen molar-refractivity contribution in [3.05, 3.63) is 23.8 Å². The van der Waals surface area contributed by atoms with E-state index in [0.29, 0.717) is 25.0 Å². The lowest BCUT2D eigenvalue weighted by molar-refractivity contribution is -0.125. The highest BCUT2D eigenvalue weighted by molar-refractivity contribution is 5.77. The maximum atomic E-state index is 12.3. The maximum Gasteiger partial charge on any atom is 0.220 e. The molecule has 0 aromatic carbocycles. The average Bonchev–Trinajstić information content (AvgIpc) is 2.85. The van der Waals surface area contributed by atoms with Gasteiger partial charge in [-0.1, -0.05) is 20.8 Å². The third kappa shape index (κ3) is 10.5. The zero-order chi connectivity index (χ0) is 27.1. The van der Waals surface area contributed by atoms with Gasteiger partial charge in [-0.15, -0.1) is 0 Å². The summed E-state index contributed by atoms with van der Waals surface area (Å²) in [5, 5.41) is 48.5. The molecule has 12 heteroatoms. The molecule has 7 N–H and O–H groups in total. The molecule has 0 aliphatic rings. The Labute approximate surface area is 211 Å². The van der Waals surface area contributed by atoms with Crippen LogP contribution < -0.4 is 16.0 Å². The summed E-state index contributed by atoms with van der Waals surface area (Å²) in [6.45, 7) is 4.50. The van der Waals surface area contributed by atoms with Crippen molar-refractivity contribution in [2.75, 3.05) is 13.2 Å². The van der Waals surface area contributed by atoms with E-state index in [1.54, 1.807) is 0 Å². The summed E-state index contributed by atoms with van der Waals surface area (Å²) >= 11 is 0. The molecule has 204 valence electrons. The maximum absolute atomic E-state index is 12.3. The predicted octanol–water partition coefficient (Wildman–Crippen LogP) is -0.747. The quantitative estimate of drug-likeness (QED) is 0.141. The second-order valence-corrected chi connectivity index (χ2v) is 8.70. The number of carbonyl (C=O) groups excluding carboxylic acids is 3. The second-order valence-electron chi connectivity index (χ2n) is 8.70. The van der Waals surface area contributed by atoms with Crippen molar-refractivity contribution in [2.24, 2.45) is 0 Å². The molecule has 36 heavy (non-hydrogen) atoms. The van der Waals surface area contributed by atoms with E-state index >= 15 is 0 Å². The highest BCUT2D eigenvalue weighted by Crippen LogP contribution is 2.18. The summed E-state index contributed by atoms with van der Waals surface area (Å²) in [6.07, 6.45) is 2.68. The first kappa shape index (κ1) is 31.4. The molecule has 0 unspecified atom stereocenters. The third-order valence-corrected chi connectivity index (χ3v) is 5.51. The van der Waals surface area contributed by atoms with Crippen molar-refractivity contribution in [2.45, 2.75) is 96.1 Å². The van der Waals surface area contributed by atoms with E-state index in [0.717, 1.165) is 0 Å². The van der Waals surface area contributed by atoms with E-state index in [9.17, 15) is 34.8 Å². The fourth-order valence-electron chi connectivity index (χ4n) is 3.54. The summed E-state index contributed by atoms with van der Waals surface area (Å²) in [7, 11) is 0. The molecular formula is C24H41N5O7. The normalized spacial score (nSPS) is 15.3. The van der Waals surface area contributed by atoms with Gasteiger partial charge in [0, 0.05) is 31.9 Å². The van der Waals surface area contributed by atoms with Crippen molar-refractivity contribution < 1.29 is 34.8 Å². The molecule has 0 bridgehead atoms. The van der Waals surface area contributed by atoms with E-state index in [1.165, 1.54) is 12.4 Å². The van der Waals surface area contributed by atoms with E-state index in [2.05, 4.69) is 25.9 Å². The van der Waals surface area contributed by atoms with Crippen LogP contribution in [0.1, 0.15) is 76.7 Å². The van der Waals surface area contributed by atoms with Gasteiger partial charge in [0.15, 0.2) is 0 Å². The van der Waals surface area contributed by atoms with Crippen LogP contribution in [-0.2, 0) is 20.8 Å². The number of nitrogens with one attached hydrogen (secondary N) is 3. The summed E-state index contributed by atoms with van der Waals surface area (Å²) in [5.74, 6) is -0.955. The van der Waals surface area contributed by atoms with Gasteiger partial charge in [0.2, 0.25) is 17.7 Å². The Hall–Kier alpha value is -2.67. The van der Waals surface area contributed by atoms with Crippen LogP contribution in [0, 0.1) is 0 Å². The first-order valence-corrected chi connectivity index (χ1v) is 12.5. The minimum Gasteiger partial charge on any atom is -0.394 e. The number of hydrogen-bond acceptors (Lipinski definition) is 9. The molecule has 0 aliphatic carbocycles. The van der Waals surface area contributed by atoms with Crippen LogP contribution in [-0.4, -0.2) is 85.6 Å². The molecule has 3 amide bonds. The Bertz CT molecular complexity index is 809. The van der Waals surface area contributed by atoms with Gasteiger partial charge in [-0.2, -0.15) is 0 Å². The number of carbonyl (C=O) groups is 3. The lowest BCUT2D eigenvalue weighted by Crippen LogP contribution is -2.52. The van der Waals surface area contributed by atoms with Gasteiger partial charge in [-0.3, -0.25) is 24.4 Å². The highest BCUT2D eigenvalue weighted by Gasteiger charge is 2.32. The molecule has 1 rings (SSSR count). The predicted molar refractivity (Wildman–Crippen MR) is 131 cm³/mol. The molecule has 0 saturated carbocycles. The monoisotopic (exact) mass is 511 g/mol. The molecule has 1 aromatic heterocycles. The van der Waals surface area contributed by atoms with E-state index in [-0.39, 0.29) is 49.1 Å². The molecule has 0 radical (unpaired) electrons. The third-order valence-electron chi connectivity index (χ3n) is 5.51. The van der Waals surface area contributed by atoms with Crippen LogP contribution in [0.5, 0.6) is 0 Å². The van der Waals surface area contributed by atoms with Crippen LogP contribution in [0.15, 0.2) is 12.4 Å². The minimum absolute atomic E-state index is 0.00728. The lowest BCUT2D eigenvalue weighted by atomic mass is 9.99. The number of nitrogens with zero attached hydrogens (tertiary/aromatic N) is 2. The Balaban J connectivity index is 3.04. The molecule has 12 nitrogen and oxygen atoms in total. The van der Waals surface area contributed by atoms with Gasteiger partial charge in [0.1, 0.15) is 12.1 Å². The summed E-state index contributed by atoms with van der Waals surface area (Å²) in [5.41, 5.74) is 0.556. The van der Waals surface area contributed by atoms with Crippen LogP contribution in [0.2, 0.25) is 0 Å². The van der Waals surface area contributed by atoms with Gasteiger partial charge >= 0.3 is 0 Å². The van der Waals surface area contributed by atoms with Gasteiger partial charge in [-0.25, -0.2) is 0 Å². The van der Waals surface area contributed by atoms with Crippen LogP contribution >= 0.6 is 0 Å². The van der Waals surface area contributed by atoms with Crippen molar-refractivity contribution in [3.63, 3.8) is 0 Å². The number of aromatic nitrogens is 2. The zero-order valence-electron chi connectivity index (χ0n) is 21.3. The van der Waals surface area contributed by atoms with Gasteiger partial charge in [-0.05, 0) is 19.3 Å². The zero-order valence-corrected chi connectivity index (χ0v) is 21.3. The standard InChI is InChI=1S/C24H41N5O7/c1-4-7-20(33)27-17(13-30)19(32)10-15-11-26-16(12-25-15)23(29-22(35)9-6-3)24(36)18(14-31)28-21(34)8-5-2/h11-12,17-19,23-24,30-32,36H,4-10,13-14H2,1-3H3,(H,27,33)(H,28,34)(H,29,35)/t17-,18-,19-,23-,24+/m0/s1. The number of amides is 3. The number of rotatable bonds is 17. The summed E-state index contributed by atoms with van der Waals surface area (Å²) < 4.78 is 0. The van der Waals surface area contributed by atoms with E-state index < -0.39 is 43.5 Å². The van der Waals surface area contributed by atoms with Crippen molar-refractivity contribution in [1.29, 1.82) is 0 Å². The van der Waals surface area contributed by atoms with Crippen LogP contribution in [0.3, 0.4) is 0 Å². The average molecular weight is 512 g/mol. The molecule has 0 spiro atoms. The Morgan fingerprint density at radius 3 is 1.72 bits per heavy atom. The van der Waals surface area contributed by atoms with Gasteiger partial charge in [0.05, 0.1) is 49.0 Å². The van der Waals surface area contributed by atoms with Crippen molar-refractivity contribution >= 4 is 17.7 Å². The fourth-order valence-corrected chi connectivity index (χ4v) is 3.54. The molecular weight excluding hydrogens is 470 g/mol. The first-order chi connectivity index (χ1) is 17.2. The minimum atomic E-state index is -1.39. The Kier molecular flexibility index (Phi) is 14.7. The molecule has 1 aromatic rings. The molecule has 0 fully saturated rings. The smallest absolute Gasteiger partial charge is 0.220 e. The van der Waals surface area contributed by atoms with Crippen molar-refractivity contribution in [3.8, 4) is 0 Å². The second kappa shape index (κ2) is 16.9. The SMILES string of the molecule is CCCC(=O)N[C@@H](CO)[C@@H](O)[C@@H](NC(=O)CCC)c1cnc(C[C@H](O)[C@H](CO)NC(=O)CCC)cn1. The van der Waals surface area contributed by atoms with Crippen LogP contribution in [0.4, 0.5) is 0 Å². The summed E-state index contributed by atoms with van der Waals surface area (Å²) in [6, 6.07) is -2.98. The number of aliphatic hydroxyl groups is 4. The topological polar surface area (TPSA) is 194 Å². The van der Waals surface area contributed by atoms with Gasteiger partial charge in [0.25, 0.3) is 0 Å². The largest absolute Gasteiger partial charge is 0.394 e. The van der Waals surface area contributed by atoms with E-state index in [1.807, 2.05) is 20.8 Å². The van der Waals surface area contributed by atoms with Crippen molar-refractivity contribution in [1.82, 2.24) is 25.9 Å². The Morgan fingerprint density at radius 1 is 0.778 bits per heavy atom. The molecule has 0 saturated heterocycles. The lowest BCUT2D eigenvalue weighted by Gasteiger charge is -2.30. The first-order valence-electron chi connectivity index (χ1n) is 12.5.